The van der Waals surface area contributed by atoms with E-state index in [0.29, 0.717) is 0 Å². The first-order valence-corrected chi connectivity index (χ1v) is 8.16. The second-order valence-electron chi connectivity index (χ2n) is 6.03. The first-order valence-electron chi connectivity index (χ1n) is 8.16. The Balaban J connectivity index is 1.70. The molecule has 0 saturated carbocycles. The Morgan fingerprint density at radius 1 is 0.958 bits per heavy atom. The number of carbonyl (C=O) groups is 1. The van der Waals surface area contributed by atoms with Gasteiger partial charge in [0.2, 0.25) is 5.91 Å². The lowest BCUT2D eigenvalue weighted by molar-refractivity contribution is -0.117. The average Bonchev–Trinajstić information content (AvgIpc) is 2.60. The van der Waals surface area contributed by atoms with Crippen molar-refractivity contribution in [3.05, 3.63) is 89.5 Å². The van der Waals surface area contributed by atoms with Crippen LogP contribution in [0.5, 0.6) is 0 Å². The van der Waals surface area contributed by atoms with Crippen molar-refractivity contribution in [1.82, 2.24) is 5.32 Å². The number of benzene rings is 3. The summed E-state index contributed by atoms with van der Waals surface area (Å²) in [4.78, 5) is 12.2. The zero-order valence-corrected chi connectivity index (χ0v) is 14.0. The molecule has 3 aromatic carbocycles. The van der Waals surface area contributed by atoms with Gasteiger partial charge < -0.3 is 5.32 Å². The molecule has 0 aliphatic heterocycles. The third kappa shape index (κ3) is 3.72. The summed E-state index contributed by atoms with van der Waals surface area (Å²) in [5.41, 5.74) is 3.32. The van der Waals surface area contributed by atoms with Crippen LogP contribution in [0.15, 0.2) is 72.8 Å². The Hall–Kier alpha value is -2.87. The number of nitrogens with one attached hydrogen (secondary N) is 1. The van der Waals surface area contributed by atoms with Crippen molar-refractivity contribution in [1.29, 1.82) is 0 Å². The van der Waals surface area contributed by atoms with Gasteiger partial charge in [-0.2, -0.15) is 0 Å². The molecule has 0 spiro atoms. The molecule has 0 fully saturated rings. The van der Waals surface area contributed by atoms with Crippen LogP contribution >= 0.6 is 0 Å². The van der Waals surface area contributed by atoms with E-state index >= 15 is 0 Å². The van der Waals surface area contributed by atoms with E-state index in [0.717, 1.165) is 16.7 Å². The van der Waals surface area contributed by atoms with E-state index in [2.05, 4.69) is 35.6 Å². The van der Waals surface area contributed by atoms with Gasteiger partial charge in [-0.05, 0) is 53.5 Å². The zero-order chi connectivity index (χ0) is 16.9. The van der Waals surface area contributed by atoms with Crippen molar-refractivity contribution in [2.45, 2.75) is 19.9 Å². The Morgan fingerprint density at radius 2 is 1.67 bits per heavy atom. The second kappa shape index (κ2) is 7.14. The highest BCUT2D eigenvalue weighted by Gasteiger charge is 2.08. The molecule has 3 rings (SSSR count). The largest absolute Gasteiger partial charge is 0.346 e. The summed E-state index contributed by atoms with van der Waals surface area (Å²) in [5.74, 6) is -0.0843. The monoisotopic (exact) mass is 315 g/mol. The molecular weight excluding hydrogens is 294 g/mol. The molecule has 1 unspecified atom stereocenters. The molecule has 120 valence electrons. The topological polar surface area (TPSA) is 29.1 Å². The minimum Gasteiger partial charge on any atom is -0.346 e. The highest BCUT2D eigenvalue weighted by Crippen LogP contribution is 2.20. The van der Waals surface area contributed by atoms with Crippen LogP contribution in [-0.4, -0.2) is 5.91 Å². The van der Waals surface area contributed by atoms with Gasteiger partial charge in [-0.1, -0.05) is 60.7 Å². The molecule has 0 saturated heterocycles. The maximum absolute atomic E-state index is 12.2. The van der Waals surface area contributed by atoms with Gasteiger partial charge >= 0.3 is 0 Å². The average molecular weight is 315 g/mol. The molecule has 1 atom stereocenters. The standard InChI is InChI=1S/C22H21NO/c1-16-7-3-4-8-18(16)13-14-22(24)23-17(2)20-12-11-19-9-5-6-10-21(19)15-20/h3-15,17H,1-2H3,(H,23,24)/b14-13+. The number of carbonyl (C=O) groups excluding carboxylic acids is 1. The van der Waals surface area contributed by atoms with Crippen LogP contribution in [0.25, 0.3) is 16.8 Å². The van der Waals surface area contributed by atoms with Crippen molar-refractivity contribution >= 4 is 22.8 Å². The van der Waals surface area contributed by atoms with E-state index in [1.54, 1.807) is 6.08 Å². The number of hydrogen-bond donors (Lipinski definition) is 1. The minimum absolute atomic E-state index is 0.0383. The summed E-state index contributed by atoms with van der Waals surface area (Å²) in [7, 11) is 0. The second-order valence-corrected chi connectivity index (χ2v) is 6.03. The first-order chi connectivity index (χ1) is 11.6. The highest BCUT2D eigenvalue weighted by atomic mass is 16.1. The van der Waals surface area contributed by atoms with Gasteiger partial charge in [0.1, 0.15) is 0 Å². The number of amides is 1. The van der Waals surface area contributed by atoms with E-state index in [1.165, 1.54) is 10.8 Å². The van der Waals surface area contributed by atoms with E-state index in [4.69, 9.17) is 0 Å². The molecule has 0 aliphatic rings. The van der Waals surface area contributed by atoms with Gasteiger partial charge in [0.25, 0.3) is 0 Å². The first kappa shape index (κ1) is 16.0. The number of fused-ring (bicyclic) bond motifs is 1. The molecule has 1 N–H and O–H groups in total. The summed E-state index contributed by atoms with van der Waals surface area (Å²) in [6.07, 6.45) is 3.46. The van der Waals surface area contributed by atoms with Crippen molar-refractivity contribution < 1.29 is 4.79 Å². The lowest BCUT2D eigenvalue weighted by atomic mass is 10.0. The molecule has 0 radical (unpaired) electrons. The quantitative estimate of drug-likeness (QED) is 0.672. The van der Waals surface area contributed by atoms with Gasteiger partial charge in [-0.25, -0.2) is 0 Å². The van der Waals surface area contributed by atoms with Crippen LogP contribution in [0.4, 0.5) is 0 Å². The van der Waals surface area contributed by atoms with Crippen molar-refractivity contribution in [2.24, 2.45) is 0 Å². The predicted octanol–water partition coefficient (Wildman–Crippen LogP) is 5.04. The van der Waals surface area contributed by atoms with E-state index in [9.17, 15) is 4.79 Å². The van der Waals surface area contributed by atoms with Crippen LogP contribution in [0, 0.1) is 6.92 Å². The normalized spacial score (nSPS) is 12.4. The molecule has 24 heavy (non-hydrogen) atoms. The summed E-state index contributed by atoms with van der Waals surface area (Å²) >= 11 is 0. The molecule has 0 aliphatic carbocycles. The van der Waals surface area contributed by atoms with Crippen molar-refractivity contribution in [2.75, 3.05) is 0 Å². The molecule has 0 bridgehead atoms. The summed E-state index contributed by atoms with van der Waals surface area (Å²) in [6, 6.07) is 22.5. The fourth-order valence-electron chi connectivity index (χ4n) is 2.76. The summed E-state index contributed by atoms with van der Waals surface area (Å²) in [5, 5.41) is 5.42. The van der Waals surface area contributed by atoms with Gasteiger partial charge in [0.15, 0.2) is 0 Å². The molecule has 2 heteroatoms. The summed E-state index contributed by atoms with van der Waals surface area (Å²) in [6.45, 7) is 4.04. The van der Waals surface area contributed by atoms with E-state index in [-0.39, 0.29) is 11.9 Å². The fourth-order valence-corrected chi connectivity index (χ4v) is 2.76. The van der Waals surface area contributed by atoms with Crippen LogP contribution in [-0.2, 0) is 4.79 Å². The molecule has 0 heterocycles. The van der Waals surface area contributed by atoms with Gasteiger partial charge in [0.05, 0.1) is 6.04 Å². The minimum atomic E-state index is -0.0843. The van der Waals surface area contributed by atoms with Gasteiger partial charge in [-0.15, -0.1) is 0 Å². The Kier molecular flexibility index (Phi) is 4.76. The Bertz CT molecular complexity index is 895. The maximum Gasteiger partial charge on any atom is 0.244 e. The Morgan fingerprint density at radius 3 is 2.46 bits per heavy atom. The molecule has 2 nitrogen and oxygen atoms in total. The lowest BCUT2D eigenvalue weighted by Crippen LogP contribution is -2.24. The van der Waals surface area contributed by atoms with Crippen LogP contribution < -0.4 is 5.32 Å². The van der Waals surface area contributed by atoms with Crippen molar-refractivity contribution in [3.8, 4) is 0 Å². The van der Waals surface area contributed by atoms with Crippen LogP contribution in [0.1, 0.15) is 29.7 Å². The fraction of sp³-hybridized carbons (Fsp3) is 0.136. The van der Waals surface area contributed by atoms with E-state index in [1.807, 2.05) is 56.3 Å². The maximum atomic E-state index is 12.2. The Labute approximate surface area is 142 Å². The molecule has 3 aromatic rings. The molecular formula is C22H21NO. The third-order valence-corrected chi connectivity index (χ3v) is 4.24. The molecule has 1 amide bonds. The molecule has 0 aromatic heterocycles. The van der Waals surface area contributed by atoms with Crippen LogP contribution in [0.2, 0.25) is 0 Å². The van der Waals surface area contributed by atoms with Crippen LogP contribution in [0.3, 0.4) is 0 Å². The highest BCUT2D eigenvalue weighted by molar-refractivity contribution is 5.92. The lowest BCUT2D eigenvalue weighted by Gasteiger charge is -2.14. The number of rotatable bonds is 4. The van der Waals surface area contributed by atoms with Gasteiger partial charge in [-0.3, -0.25) is 4.79 Å². The van der Waals surface area contributed by atoms with E-state index < -0.39 is 0 Å². The number of hydrogen-bond acceptors (Lipinski definition) is 1. The smallest absolute Gasteiger partial charge is 0.244 e. The zero-order valence-electron chi connectivity index (χ0n) is 14.0. The van der Waals surface area contributed by atoms with Crippen molar-refractivity contribution in [3.63, 3.8) is 0 Å². The predicted molar refractivity (Wildman–Crippen MR) is 101 cm³/mol. The third-order valence-electron chi connectivity index (χ3n) is 4.24. The summed E-state index contributed by atoms with van der Waals surface area (Å²) < 4.78 is 0. The van der Waals surface area contributed by atoms with Gasteiger partial charge in [0, 0.05) is 6.08 Å². The SMILES string of the molecule is Cc1ccccc1/C=C/C(=O)NC(C)c1ccc2ccccc2c1. The number of aryl methyl sites for hydroxylation is 1.